The Balaban J connectivity index is 2.39. The van der Waals surface area contributed by atoms with Crippen LogP contribution < -0.4 is 4.74 Å². The minimum absolute atomic E-state index is 0.0651. The quantitative estimate of drug-likeness (QED) is 0.907. The van der Waals surface area contributed by atoms with Crippen molar-refractivity contribution in [1.82, 2.24) is 0 Å². The highest BCUT2D eigenvalue weighted by Crippen LogP contribution is 2.31. The van der Waals surface area contributed by atoms with Crippen LogP contribution in [0.4, 0.5) is 13.2 Å². The number of ether oxygens (including phenoxy) is 1. The highest BCUT2D eigenvalue weighted by Gasteiger charge is 2.15. The van der Waals surface area contributed by atoms with Gasteiger partial charge >= 0.3 is 0 Å². The van der Waals surface area contributed by atoms with Crippen LogP contribution in [-0.2, 0) is 0 Å². The van der Waals surface area contributed by atoms with Gasteiger partial charge in [-0.05, 0) is 36.2 Å². The van der Waals surface area contributed by atoms with Crippen molar-refractivity contribution in [3.63, 3.8) is 0 Å². The molecular weight excluding hydrogens is 269 g/mol. The van der Waals surface area contributed by atoms with Crippen molar-refractivity contribution < 1.29 is 23.0 Å². The number of halogens is 3. The molecule has 0 atom stereocenters. The summed E-state index contributed by atoms with van der Waals surface area (Å²) in [6.45, 7) is 2.26. The lowest BCUT2D eigenvalue weighted by Gasteiger charge is -2.09. The second kappa shape index (κ2) is 5.86. The predicted molar refractivity (Wildman–Crippen MR) is 69.2 cm³/mol. The Morgan fingerprint density at radius 3 is 2.45 bits per heavy atom. The van der Waals surface area contributed by atoms with Gasteiger partial charge < -0.3 is 9.84 Å². The van der Waals surface area contributed by atoms with Gasteiger partial charge in [-0.2, -0.15) is 4.39 Å². The minimum atomic E-state index is -1.35. The summed E-state index contributed by atoms with van der Waals surface area (Å²) in [5.74, 6) is -3.94. The molecule has 0 spiro atoms. The van der Waals surface area contributed by atoms with Crippen molar-refractivity contribution >= 4 is 0 Å². The van der Waals surface area contributed by atoms with Crippen molar-refractivity contribution in [2.24, 2.45) is 0 Å². The largest absolute Gasteiger partial charge is 0.505 e. The molecule has 0 unspecified atom stereocenters. The minimum Gasteiger partial charge on any atom is -0.505 e. The third kappa shape index (κ3) is 2.71. The maximum absolute atomic E-state index is 13.8. The van der Waals surface area contributed by atoms with Crippen LogP contribution in [0, 0.1) is 17.5 Å². The Hall–Kier alpha value is -2.17. The van der Waals surface area contributed by atoms with Crippen LogP contribution in [0.2, 0.25) is 0 Å². The fourth-order valence-corrected chi connectivity index (χ4v) is 1.76. The highest BCUT2D eigenvalue weighted by atomic mass is 19.2. The molecule has 2 aromatic carbocycles. The number of hydrogen-bond donors (Lipinski definition) is 1. The summed E-state index contributed by atoms with van der Waals surface area (Å²) in [4.78, 5) is 0. The van der Waals surface area contributed by atoms with E-state index in [4.69, 9.17) is 9.84 Å². The Labute approximate surface area is 114 Å². The first kappa shape index (κ1) is 14.2. The van der Waals surface area contributed by atoms with Gasteiger partial charge in [-0.3, -0.25) is 0 Å². The van der Waals surface area contributed by atoms with Crippen molar-refractivity contribution in [2.75, 3.05) is 6.61 Å². The number of phenolic OH excluding ortho intramolecular Hbond substituents is 1. The molecule has 0 aromatic heterocycles. The van der Waals surface area contributed by atoms with Gasteiger partial charge in [-0.25, -0.2) is 8.78 Å². The Kier molecular flexibility index (Phi) is 4.17. The van der Waals surface area contributed by atoms with Crippen LogP contribution in [0.1, 0.15) is 13.3 Å². The molecule has 0 saturated heterocycles. The molecular formula is C15H13F3O2. The first-order valence-electron chi connectivity index (χ1n) is 6.14. The van der Waals surface area contributed by atoms with E-state index in [9.17, 15) is 13.2 Å². The number of phenols is 1. The Bertz CT molecular complexity index is 627. The maximum Gasteiger partial charge on any atom is 0.200 e. The molecule has 0 aliphatic carbocycles. The molecule has 0 bridgehead atoms. The van der Waals surface area contributed by atoms with E-state index in [0.29, 0.717) is 6.61 Å². The van der Waals surface area contributed by atoms with Gasteiger partial charge in [0.1, 0.15) is 0 Å². The van der Waals surface area contributed by atoms with Gasteiger partial charge in [-0.1, -0.05) is 13.0 Å². The summed E-state index contributed by atoms with van der Waals surface area (Å²) in [6, 6.07) is 6.08. The summed E-state index contributed by atoms with van der Waals surface area (Å²) >= 11 is 0. The molecule has 0 aliphatic rings. The van der Waals surface area contributed by atoms with E-state index in [0.717, 1.165) is 18.6 Å². The molecule has 0 radical (unpaired) electrons. The van der Waals surface area contributed by atoms with E-state index in [2.05, 4.69) is 0 Å². The molecule has 0 fully saturated rings. The lowest BCUT2D eigenvalue weighted by Crippen LogP contribution is -1.98. The smallest absolute Gasteiger partial charge is 0.200 e. The fourth-order valence-electron chi connectivity index (χ4n) is 1.76. The summed E-state index contributed by atoms with van der Waals surface area (Å²) in [5, 5.41) is 9.06. The summed E-state index contributed by atoms with van der Waals surface area (Å²) in [6.07, 6.45) is 0.735. The van der Waals surface area contributed by atoms with Crippen LogP contribution in [0.3, 0.4) is 0 Å². The summed E-state index contributed by atoms with van der Waals surface area (Å²) in [7, 11) is 0. The Morgan fingerprint density at radius 1 is 1.05 bits per heavy atom. The molecule has 0 amide bonds. The predicted octanol–water partition coefficient (Wildman–Crippen LogP) is 4.27. The molecule has 106 valence electrons. The monoisotopic (exact) mass is 282 g/mol. The molecule has 5 heteroatoms. The van der Waals surface area contributed by atoms with Crippen molar-refractivity contribution in [2.45, 2.75) is 13.3 Å². The number of aromatic hydroxyl groups is 1. The zero-order valence-electron chi connectivity index (χ0n) is 10.8. The summed E-state index contributed by atoms with van der Waals surface area (Å²) < 4.78 is 45.9. The average Bonchev–Trinajstić information content (AvgIpc) is 2.44. The van der Waals surface area contributed by atoms with Crippen LogP contribution in [-0.4, -0.2) is 11.7 Å². The molecule has 0 saturated carbocycles. The third-order valence-corrected chi connectivity index (χ3v) is 2.77. The van der Waals surface area contributed by atoms with E-state index < -0.39 is 23.2 Å². The first-order valence-corrected chi connectivity index (χ1v) is 6.14. The number of hydrogen-bond acceptors (Lipinski definition) is 2. The summed E-state index contributed by atoms with van der Waals surface area (Å²) in [5.41, 5.74) is 0.0454. The van der Waals surface area contributed by atoms with Crippen LogP contribution >= 0.6 is 0 Å². The van der Waals surface area contributed by atoms with Gasteiger partial charge in [-0.15, -0.1) is 0 Å². The van der Waals surface area contributed by atoms with Gasteiger partial charge in [0.15, 0.2) is 23.1 Å². The number of benzene rings is 2. The average molecular weight is 282 g/mol. The maximum atomic E-state index is 13.8. The normalized spacial score (nSPS) is 10.6. The molecule has 1 N–H and O–H groups in total. The SMILES string of the molecule is CCCOc1ccc(-c2ccc(O)c(F)c2F)cc1F. The van der Waals surface area contributed by atoms with E-state index >= 15 is 0 Å². The van der Waals surface area contributed by atoms with Gasteiger partial charge in [0.2, 0.25) is 5.82 Å². The van der Waals surface area contributed by atoms with Gasteiger partial charge in [0, 0.05) is 5.56 Å². The second-order valence-electron chi connectivity index (χ2n) is 4.25. The Morgan fingerprint density at radius 2 is 1.80 bits per heavy atom. The van der Waals surface area contributed by atoms with Crippen LogP contribution in [0.25, 0.3) is 11.1 Å². The van der Waals surface area contributed by atoms with E-state index in [1.165, 1.54) is 18.2 Å². The lowest BCUT2D eigenvalue weighted by atomic mass is 10.0. The zero-order valence-corrected chi connectivity index (χ0v) is 10.8. The molecule has 0 aliphatic heterocycles. The van der Waals surface area contributed by atoms with Gasteiger partial charge in [0.05, 0.1) is 6.61 Å². The fraction of sp³-hybridized carbons (Fsp3) is 0.200. The molecule has 0 heterocycles. The lowest BCUT2D eigenvalue weighted by molar-refractivity contribution is 0.301. The second-order valence-corrected chi connectivity index (χ2v) is 4.25. The van der Waals surface area contributed by atoms with E-state index in [1.54, 1.807) is 0 Å². The van der Waals surface area contributed by atoms with E-state index in [-0.39, 0.29) is 16.9 Å². The van der Waals surface area contributed by atoms with Crippen LogP contribution in [0.15, 0.2) is 30.3 Å². The van der Waals surface area contributed by atoms with Crippen molar-refractivity contribution in [1.29, 1.82) is 0 Å². The van der Waals surface area contributed by atoms with Crippen LogP contribution in [0.5, 0.6) is 11.5 Å². The molecule has 2 nitrogen and oxygen atoms in total. The molecule has 20 heavy (non-hydrogen) atoms. The third-order valence-electron chi connectivity index (χ3n) is 2.77. The zero-order chi connectivity index (χ0) is 14.7. The number of rotatable bonds is 4. The topological polar surface area (TPSA) is 29.5 Å². The highest BCUT2D eigenvalue weighted by molar-refractivity contribution is 5.66. The van der Waals surface area contributed by atoms with E-state index in [1.807, 2.05) is 6.92 Å². The van der Waals surface area contributed by atoms with Crippen molar-refractivity contribution in [3.05, 3.63) is 47.8 Å². The molecule has 2 rings (SSSR count). The van der Waals surface area contributed by atoms with Crippen molar-refractivity contribution in [3.8, 4) is 22.6 Å². The first-order chi connectivity index (χ1) is 9.54. The standard InChI is InChI=1S/C15H13F3O2/c1-2-7-20-13-6-3-9(8-11(13)16)10-4-5-12(19)15(18)14(10)17/h3-6,8,19H,2,7H2,1H3. The van der Waals surface area contributed by atoms with Gasteiger partial charge in [0.25, 0.3) is 0 Å². The molecule has 2 aromatic rings.